The summed E-state index contributed by atoms with van der Waals surface area (Å²) in [5.41, 5.74) is 2.88. The molecule has 0 spiro atoms. The van der Waals surface area contributed by atoms with E-state index in [0.29, 0.717) is 36.0 Å². The predicted molar refractivity (Wildman–Crippen MR) is 121 cm³/mol. The standard InChI is InChI=1S/C21H23N3O3S3/c1-14-5-6-17(12-15(14)2)30(26,27)24-9-7-16(8-10-24)20(25)23-21-22-18(13-29-21)19-4-3-11-28-19/h3-6,11-13,16H,7-10H2,1-2H3,(H,22,23,25). The third-order valence-electron chi connectivity index (χ3n) is 5.45. The number of aryl methyl sites for hydroxylation is 2. The Kier molecular flexibility index (Phi) is 6.06. The highest BCUT2D eigenvalue weighted by atomic mass is 32.2. The highest BCUT2D eigenvalue weighted by Gasteiger charge is 2.32. The van der Waals surface area contributed by atoms with Crippen molar-refractivity contribution in [3.8, 4) is 10.6 Å². The Morgan fingerprint density at radius 3 is 2.57 bits per heavy atom. The zero-order chi connectivity index (χ0) is 21.3. The summed E-state index contributed by atoms with van der Waals surface area (Å²) in [5.74, 6) is -0.310. The number of amides is 1. The van der Waals surface area contributed by atoms with Gasteiger partial charge < -0.3 is 5.32 Å². The van der Waals surface area contributed by atoms with E-state index in [1.807, 2.05) is 42.8 Å². The van der Waals surface area contributed by atoms with Gasteiger partial charge in [-0.25, -0.2) is 13.4 Å². The average Bonchev–Trinajstić information content (AvgIpc) is 3.42. The molecule has 1 aromatic carbocycles. The van der Waals surface area contributed by atoms with E-state index in [1.165, 1.54) is 15.6 Å². The number of aromatic nitrogens is 1. The van der Waals surface area contributed by atoms with Gasteiger partial charge in [0.1, 0.15) is 0 Å². The summed E-state index contributed by atoms with van der Waals surface area (Å²) in [6.45, 7) is 4.55. The monoisotopic (exact) mass is 461 g/mol. The first-order chi connectivity index (χ1) is 14.3. The third-order valence-corrected chi connectivity index (χ3v) is 8.99. The van der Waals surface area contributed by atoms with Crippen molar-refractivity contribution in [1.82, 2.24) is 9.29 Å². The van der Waals surface area contributed by atoms with Gasteiger partial charge in [0.25, 0.3) is 0 Å². The summed E-state index contributed by atoms with van der Waals surface area (Å²) in [6.07, 6.45) is 0.998. The molecule has 3 aromatic rings. The molecule has 3 heterocycles. The van der Waals surface area contributed by atoms with Crippen LogP contribution >= 0.6 is 22.7 Å². The van der Waals surface area contributed by atoms with Crippen molar-refractivity contribution < 1.29 is 13.2 Å². The first-order valence-electron chi connectivity index (χ1n) is 9.72. The van der Waals surface area contributed by atoms with Crippen LogP contribution < -0.4 is 5.32 Å². The molecule has 0 unspecified atom stereocenters. The number of piperidine rings is 1. The van der Waals surface area contributed by atoms with Crippen LogP contribution in [0, 0.1) is 19.8 Å². The molecular formula is C21H23N3O3S3. The number of hydrogen-bond donors (Lipinski definition) is 1. The average molecular weight is 462 g/mol. The molecule has 1 N–H and O–H groups in total. The van der Waals surface area contributed by atoms with Crippen LogP contribution in [0.1, 0.15) is 24.0 Å². The lowest BCUT2D eigenvalue weighted by molar-refractivity contribution is -0.120. The normalized spacial score (nSPS) is 15.9. The van der Waals surface area contributed by atoms with Gasteiger partial charge in [-0.3, -0.25) is 4.79 Å². The predicted octanol–water partition coefficient (Wildman–Crippen LogP) is 4.53. The molecule has 4 rings (SSSR count). The highest BCUT2D eigenvalue weighted by molar-refractivity contribution is 7.89. The van der Waals surface area contributed by atoms with Gasteiger partial charge in [0, 0.05) is 24.4 Å². The Morgan fingerprint density at radius 1 is 1.13 bits per heavy atom. The van der Waals surface area contributed by atoms with Crippen LogP contribution in [0.4, 0.5) is 5.13 Å². The van der Waals surface area contributed by atoms with Crippen LogP contribution in [0.3, 0.4) is 0 Å². The van der Waals surface area contributed by atoms with Crippen LogP contribution in [0.25, 0.3) is 10.6 Å². The van der Waals surface area contributed by atoms with E-state index in [0.717, 1.165) is 21.7 Å². The second kappa shape index (κ2) is 8.58. The Balaban J connectivity index is 1.37. The molecule has 158 valence electrons. The van der Waals surface area contributed by atoms with Gasteiger partial charge in [-0.1, -0.05) is 12.1 Å². The van der Waals surface area contributed by atoms with Gasteiger partial charge in [-0.2, -0.15) is 4.31 Å². The lowest BCUT2D eigenvalue weighted by Gasteiger charge is -2.30. The van der Waals surface area contributed by atoms with Gasteiger partial charge in [0.05, 0.1) is 15.5 Å². The summed E-state index contributed by atoms with van der Waals surface area (Å²) in [5, 5.41) is 7.40. The number of sulfonamides is 1. The quantitative estimate of drug-likeness (QED) is 0.606. The summed E-state index contributed by atoms with van der Waals surface area (Å²) in [7, 11) is -3.54. The van der Waals surface area contributed by atoms with Crippen molar-refractivity contribution in [3.63, 3.8) is 0 Å². The van der Waals surface area contributed by atoms with Crippen molar-refractivity contribution in [2.75, 3.05) is 18.4 Å². The Bertz CT molecular complexity index is 1150. The fourth-order valence-electron chi connectivity index (χ4n) is 3.46. The number of hydrogen-bond acceptors (Lipinski definition) is 6. The minimum Gasteiger partial charge on any atom is -0.302 e. The molecule has 30 heavy (non-hydrogen) atoms. The molecule has 0 radical (unpaired) electrons. The third kappa shape index (κ3) is 4.34. The number of nitrogens with one attached hydrogen (secondary N) is 1. The fourth-order valence-corrected chi connectivity index (χ4v) is 6.49. The van der Waals surface area contributed by atoms with E-state index in [2.05, 4.69) is 10.3 Å². The van der Waals surface area contributed by atoms with E-state index in [4.69, 9.17) is 0 Å². The zero-order valence-corrected chi connectivity index (χ0v) is 19.2. The topological polar surface area (TPSA) is 79.4 Å². The van der Waals surface area contributed by atoms with Crippen LogP contribution in [0.2, 0.25) is 0 Å². The maximum absolute atomic E-state index is 13.0. The van der Waals surface area contributed by atoms with Crippen molar-refractivity contribution in [2.45, 2.75) is 31.6 Å². The first kappa shape index (κ1) is 21.2. The van der Waals surface area contributed by atoms with Crippen molar-refractivity contribution >= 4 is 43.7 Å². The lowest BCUT2D eigenvalue weighted by atomic mass is 9.97. The smallest absolute Gasteiger partial charge is 0.243 e. The van der Waals surface area contributed by atoms with E-state index < -0.39 is 10.0 Å². The number of thiazole rings is 1. The molecule has 1 aliphatic rings. The molecule has 9 heteroatoms. The largest absolute Gasteiger partial charge is 0.302 e. The Labute approximate surface area is 184 Å². The van der Waals surface area contributed by atoms with Gasteiger partial charge in [0.2, 0.25) is 15.9 Å². The van der Waals surface area contributed by atoms with E-state index in [1.54, 1.807) is 23.5 Å². The number of carbonyl (C=O) groups excluding carboxylic acids is 1. The van der Waals surface area contributed by atoms with E-state index >= 15 is 0 Å². The van der Waals surface area contributed by atoms with E-state index in [9.17, 15) is 13.2 Å². The maximum Gasteiger partial charge on any atom is 0.243 e. The van der Waals surface area contributed by atoms with Gasteiger partial charge >= 0.3 is 0 Å². The SMILES string of the molecule is Cc1ccc(S(=O)(=O)N2CCC(C(=O)Nc3nc(-c4cccs4)cs3)CC2)cc1C. The molecule has 1 saturated heterocycles. The maximum atomic E-state index is 13.0. The number of anilines is 1. The molecule has 2 aromatic heterocycles. The minimum atomic E-state index is -3.54. The van der Waals surface area contributed by atoms with Crippen LogP contribution in [-0.4, -0.2) is 36.7 Å². The number of benzene rings is 1. The Morgan fingerprint density at radius 2 is 1.90 bits per heavy atom. The second-order valence-electron chi connectivity index (χ2n) is 7.43. The highest BCUT2D eigenvalue weighted by Crippen LogP contribution is 2.30. The Hall–Kier alpha value is -2.07. The van der Waals surface area contributed by atoms with Gasteiger partial charge in [0.15, 0.2) is 5.13 Å². The molecule has 0 bridgehead atoms. The van der Waals surface area contributed by atoms with Gasteiger partial charge in [-0.15, -0.1) is 22.7 Å². The number of rotatable bonds is 5. The first-order valence-corrected chi connectivity index (χ1v) is 12.9. The molecule has 1 fully saturated rings. The number of thiophene rings is 1. The molecule has 1 amide bonds. The van der Waals surface area contributed by atoms with Crippen molar-refractivity contribution in [3.05, 3.63) is 52.2 Å². The summed E-state index contributed by atoms with van der Waals surface area (Å²) >= 11 is 3.01. The molecule has 1 aliphatic heterocycles. The van der Waals surface area contributed by atoms with Crippen LogP contribution in [0.5, 0.6) is 0 Å². The number of nitrogens with zero attached hydrogens (tertiary/aromatic N) is 2. The molecular weight excluding hydrogens is 438 g/mol. The number of carbonyl (C=O) groups is 1. The second-order valence-corrected chi connectivity index (χ2v) is 11.2. The van der Waals surface area contributed by atoms with Crippen LogP contribution in [0.15, 0.2) is 46.0 Å². The van der Waals surface area contributed by atoms with E-state index in [-0.39, 0.29) is 11.8 Å². The van der Waals surface area contributed by atoms with Crippen molar-refractivity contribution in [2.24, 2.45) is 5.92 Å². The van der Waals surface area contributed by atoms with Gasteiger partial charge in [-0.05, 0) is 61.4 Å². The molecule has 0 atom stereocenters. The fraction of sp³-hybridized carbons (Fsp3) is 0.333. The molecule has 0 aliphatic carbocycles. The molecule has 0 saturated carbocycles. The minimum absolute atomic E-state index is 0.0923. The van der Waals surface area contributed by atoms with Crippen LogP contribution in [-0.2, 0) is 14.8 Å². The lowest BCUT2D eigenvalue weighted by Crippen LogP contribution is -2.41. The summed E-state index contributed by atoms with van der Waals surface area (Å²) in [4.78, 5) is 18.5. The molecule has 6 nitrogen and oxygen atoms in total. The summed E-state index contributed by atoms with van der Waals surface area (Å²) < 4.78 is 27.4. The van der Waals surface area contributed by atoms with Crippen molar-refractivity contribution in [1.29, 1.82) is 0 Å². The summed E-state index contributed by atoms with van der Waals surface area (Å²) in [6, 6.07) is 9.18. The zero-order valence-electron chi connectivity index (χ0n) is 16.8.